The van der Waals surface area contributed by atoms with Gasteiger partial charge in [0.2, 0.25) is 5.91 Å². The first kappa shape index (κ1) is 26.4. The molecule has 2 aromatic carbocycles. The highest BCUT2D eigenvalue weighted by Crippen LogP contribution is 2.32. The molecule has 12 heteroatoms. The molecule has 0 radical (unpaired) electrons. The van der Waals surface area contributed by atoms with Crippen LogP contribution in [0.3, 0.4) is 0 Å². The van der Waals surface area contributed by atoms with Gasteiger partial charge < -0.3 is 21.1 Å². The Bertz CT molecular complexity index is 1420. The Kier molecular flexibility index (Phi) is 8.02. The number of nitrogens with zero attached hydrogens (tertiary/aromatic N) is 2. The number of halogens is 3. The molecule has 0 unspecified atom stereocenters. The molecular formula is C26H23F3N6O3. The summed E-state index contributed by atoms with van der Waals surface area (Å²) in [7, 11) is 0. The van der Waals surface area contributed by atoms with Crippen LogP contribution in [0.5, 0.6) is 0 Å². The van der Waals surface area contributed by atoms with Gasteiger partial charge in [-0.3, -0.25) is 9.89 Å². The second-order valence-corrected chi connectivity index (χ2v) is 8.19. The van der Waals surface area contributed by atoms with Gasteiger partial charge in [-0.1, -0.05) is 12.1 Å². The van der Waals surface area contributed by atoms with Crippen LogP contribution in [-0.2, 0) is 11.0 Å². The highest BCUT2D eigenvalue weighted by molar-refractivity contribution is 6.00. The van der Waals surface area contributed by atoms with E-state index in [9.17, 15) is 22.8 Å². The zero-order chi connectivity index (χ0) is 27.1. The summed E-state index contributed by atoms with van der Waals surface area (Å²) in [6.45, 7) is -0.0795. The van der Waals surface area contributed by atoms with Crippen LogP contribution in [0.4, 0.5) is 35.2 Å². The van der Waals surface area contributed by atoms with Crippen LogP contribution in [-0.4, -0.2) is 38.8 Å². The number of carbonyl (C=O) groups excluding carboxylic acids is 2. The van der Waals surface area contributed by atoms with E-state index in [4.69, 9.17) is 5.11 Å². The Balaban J connectivity index is 1.47. The van der Waals surface area contributed by atoms with Crippen molar-refractivity contribution in [2.45, 2.75) is 19.0 Å². The fourth-order valence-electron chi connectivity index (χ4n) is 3.62. The summed E-state index contributed by atoms with van der Waals surface area (Å²) in [5, 5.41) is 23.9. The molecule has 2 heterocycles. The van der Waals surface area contributed by atoms with Crippen LogP contribution < -0.4 is 16.0 Å². The van der Waals surface area contributed by atoms with Gasteiger partial charge in [0.15, 0.2) is 0 Å². The summed E-state index contributed by atoms with van der Waals surface area (Å²) in [6, 6.07) is 13.8. The minimum absolute atomic E-state index is 0.0795. The average Bonchev–Trinajstić information content (AvgIpc) is 3.38. The van der Waals surface area contributed by atoms with Gasteiger partial charge in [0.1, 0.15) is 5.82 Å². The smallest absolute Gasteiger partial charge is 0.396 e. The normalized spacial score (nSPS) is 11.2. The first-order valence-electron chi connectivity index (χ1n) is 11.5. The number of hydrogen-bond donors (Lipinski definition) is 5. The van der Waals surface area contributed by atoms with Crippen LogP contribution in [0, 0.1) is 0 Å². The molecule has 0 aliphatic rings. The molecule has 196 valence electrons. The van der Waals surface area contributed by atoms with Gasteiger partial charge in [0.25, 0.3) is 0 Å². The van der Waals surface area contributed by atoms with Gasteiger partial charge in [0, 0.05) is 47.9 Å². The molecule has 4 rings (SSSR count). The van der Waals surface area contributed by atoms with E-state index in [1.807, 2.05) is 0 Å². The number of rotatable bonds is 8. The number of H-pyrrole nitrogens is 1. The summed E-state index contributed by atoms with van der Waals surface area (Å²) < 4.78 is 38.2. The molecule has 4 aromatic rings. The molecule has 0 fully saturated rings. The molecule has 0 aliphatic carbocycles. The van der Waals surface area contributed by atoms with Crippen molar-refractivity contribution in [3.05, 3.63) is 78.6 Å². The Morgan fingerprint density at radius 1 is 0.921 bits per heavy atom. The number of hydrogen-bond acceptors (Lipinski definition) is 5. The Morgan fingerprint density at radius 2 is 1.68 bits per heavy atom. The Labute approximate surface area is 215 Å². The molecule has 9 nitrogen and oxygen atoms in total. The first-order chi connectivity index (χ1) is 18.2. The first-order valence-corrected chi connectivity index (χ1v) is 11.5. The lowest BCUT2D eigenvalue weighted by atomic mass is 10.0. The van der Waals surface area contributed by atoms with E-state index in [0.717, 1.165) is 23.3 Å². The van der Waals surface area contributed by atoms with E-state index in [2.05, 4.69) is 31.1 Å². The number of pyridine rings is 1. The third-order valence-electron chi connectivity index (χ3n) is 5.40. The summed E-state index contributed by atoms with van der Waals surface area (Å²) in [4.78, 5) is 28.6. The molecule has 0 saturated heterocycles. The quantitative estimate of drug-likeness (QED) is 0.207. The molecule has 0 spiro atoms. The number of aliphatic hydroxyl groups excluding tert-OH is 1. The van der Waals surface area contributed by atoms with Gasteiger partial charge in [-0.25, -0.2) is 9.78 Å². The zero-order valence-electron chi connectivity index (χ0n) is 19.8. The van der Waals surface area contributed by atoms with Crippen molar-refractivity contribution in [2.24, 2.45) is 0 Å². The molecule has 38 heavy (non-hydrogen) atoms. The van der Waals surface area contributed by atoms with E-state index >= 15 is 0 Å². The van der Waals surface area contributed by atoms with E-state index < -0.39 is 17.8 Å². The van der Waals surface area contributed by atoms with Gasteiger partial charge >= 0.3 is 12.2 Å². The predicted molar refractivity (Wildman–Crippen MR) is 136 cm³/mol. The summed E-state index contributed by atoms with van der Waals surface area (Å²) in [5.41, 5.74) is 2.56. The standard InChI is InChI=1S/C26H23F3N6O3/c27-26(28,29)18-6-8-19(9-7-18)32-25(38)33-20-4-1-3-17(13-20)24-21(15-31-35-24)16-10-11-30-22(14-16)34-23(37)5-2-12-36/h1,3-4,6-11,13-15,36H,2,5,12H2,(H,31,35)(H,30,34,37)(H2,32,33,38). The highest BCUT2D eigenvalue weighted by Gasteiger charge is 2.30. The molecular weight excluding hydrogens is 501 g/mol. The average molecular weight is 525 g/mol. The van der Waals surface area contributed by atoms with E-state index in [0.29, 0.717) is 29.2 Å². The SMILES string of the molecule is O=C(CCCO)Nc1cc(-c2c[nH]nc2-c2cccc(NC(=O)Nc3ccc(C(F)(F)F)cc3)c2)ccn1. The molecule has 0 atom stereocenters. The van der Waals surface area contributed by atoms with Gasteiger partial charge in [0.05, 0.1) is 11.3 Å². The summed E-state index contributed by atoms with van der Waals surface area (Å²) in [6.07, 6.45) is -0.690. The maximum Gasteiger partial charge on any atom is 0.416 e. The molecule has 0 bridgehead atoms. The molecule has 0 aliphatic heterocycles. The summed E-state index contributed by atoms with van der Waals surface area (Å²) >= 11 is 0. The number of alkyl halides is 3. The Hall–Kier alpha value is -4.71. The predicted octanol–water partition coefficient (Wildman–Crippen LogP) is 5.51. The maximum absolute atomic E-state index is 12.7. The number of anilines is 3. The van der Waals surface area contributed by atoms with E-state index in [-0.39, 0.29) is 24.6 Å². The lowest BCUT2D eigenvalue weighted by Crippen LogP contribution is -2.19. The minimum Gasteiger partial charge on any atom is -0.396 e. The van der Waals surface area contributed by atoms with Crippen LogP contribution in [0.2, 0.25) is 0 Å². The van der Waals surface area contributed by atoms with E-state index in [1.54, 1.807) is 48.8 Å². The second-order valence-electron chi connectivity index (χ2n) is 8.19. The van der Waals surface area contributed by atoms with Crippen LogP contribution in [0.1, 0.15) is 18.4 Å². The number of nitrogens with one attached hydrogen (secondary N) is 4. The van der Waals surface area contributed by atoms with E-state index in [1.165, 1.54) is 12.1 Å². The van der Waals surface area contributed by atoms with Crippen molar-refractivity contribution < 1.29 is 27.9 Å². The monoisotopic (exact) mass is 524 g/mol. The maximum atomic E-state index is 12.7. The molecule has 2 aromatic heterocycles. The lowest BCUT2D eigenvalue weighted by molar-refractivity contribution is -0.137. The number of urea groups is 1. The van der Waals surface area contributed by atoms with Crippen LogP contribution >= 0.6 is 0 Å². The van der Waals surface area contributed by atoms with Crippen LogP contribution in [0.15, 0.2) is 73.1 Å². The fraction of sp³-hybridized carbons (Fsp3) is 0.154. The number of aromatic amines is 1. The second kappa shape index (κ2) is 11.6. The van der Waals surface area contributed by atoms with Crippen molar-refractivity contribution in [2.75, 3.05) is 22.6 Å². The highest BCUT2D eigenvalue weighted by atomic mass is 19.4. The third kappa shape index (κ3) is 6.73. The minimum atomic E-state index is -4.46. The third-order valence-corrected chi connectivity index (χ3v) is 5.40. The van der Waals surface area contributed by atoms with Crippen molar-refractivity contribution in [1.29, 1.82) is 0 Å². The Morgan fingerprint density at radius 3 is 2.42 bits per heavy atom. The van der Waals surface area contributed by atoms with Crippen molar-refractivity contribution in [3.63, 3.8) is 0 Å². The van der Waals surface area contributed by atoms with Gasteiger partial charge in [-0.05, 0) is 60.5 Å². The molecule has 0 saturated carbocycles. The number of carbonyl (C=O) groups is 2. The molecule has 3 amide bonds. The molecule has 5 N–H and O–H groups in total. The number of amides is 3. The van der Waals surface area contributed by atoms with Crippen molar-refractivity contribution >= 4 is 29.1 Å². The topological polar surface area (TPSA) is 132 Å². The van der Waals surface area contributed by atoms with Gasteiger partial charge in [-0.2, -0.15) is 18.3 Å². The van der Waals surface area contributed by atoms with Gasteiger partial charge in [-0.15, -0.1) is 0 Å². The van der Waals surface area contributed by atoms with Crippen molar-refractivity contribution in [3.8, 4) is 22.4 Å². The largest absolute Gasteiger partial charge is 0.416 e. The number of aromatic nitrogens is 3. The fourth-order valence-corrected chi connectivity index (χ4v) is 3.62. The van der Waals surface area contributed by atoms with Crippen molar-refractivity contribution in [1.82, 2.24) is 15.2 Å². The zero-order valence-corrected chi connectivity index (χ0v) is 19.8. The van der Waals surface area contributed by atoms with Crippen LogP contribution in [0.25, 0.3) is 22.4 Å². The summed E-state index contributed by atoms with van der Waals surface area (Å²) in [5.74, 6) is 0.0948. The lowest BCUT2D eigenvalue weighted by Gasteiger charge is -2.11. The number of benzene rings is 2. The number of aliphatic hydroxyl groups is 1.